The highest BCUT2D eigenvalue weighted by atomic mass is 32.2. The lowest BCUT2D eigenvalue weighted by Crippen LogP contribution is -2.26. The minimum absolute atomic E-state index is 0.0179. The third-order valence-corrected chi connectivity index (χ3v) is 5.87. The maximum Gasteiger partial charge on any atom is 0.192 e. The van der Waals surface area contributed by atoms with E-state index in [1.807, 2.05) is 6.92 Å². The van der Waals surface area contributed by atoms with Gasteiger partial charge in [0.15, 0.2) is 21.8 Å². The highest BCUT2D eigenvalue weighted by Gasteiger charge is 2.20. The summed E-state index contributed by atoms with van der Waals surface area (Å²) in [6, 6.07) is 2.79. The van der Waals surface area contributed by atoms with E-state index in [0.717, 1.165) is 11.1 Å². The Morgan fingerprint density at radius 1 is 1.29 bits per heavy atom. The summed E-state index contributed by atoms with van der Waals surface area (Å²) < 4.78 is 14.8. The van der Waals surface area contributed by atoms with Gasteiger partial charge in [0.05, 0.1) is 23.6 Å². The average molecular weight is 423 g/mol. The molecule has 0 radical (unpaired) electrons. The highest BCUT2D eigenvalue weighted by Crippen LogP contribution is 2.36. The van der Waals surface area contributed by atoms with Crippen LogP contribution in [0.15, 0.2) is 23.5 Å². The van der Waals surface area contributed by atoms with Crippen molar-refractivity contribution in [2.45, 2.75) is 43.6 Å². The van der Waals surface area contributed by atoms with Crippen molar-refractivity contribution in [3.8, 4) is 0 Å². The van der Waals surface area contributed by atoms with Crippen molar-refractivity contribution in [1.29, 1.82) is 0 Å². The second kappa shape index (κ2) is 8.97. The van der Waals surface area contributed by atoms with Crippen molar-refractivity contribution in [1.82, 2.24) is 19.9 Å². The molecule has 0 aromatic carbocycles. The van der Waals surface area contributed by atoms with Crippen molar-refractivity contribution < 1.29 is 9.50 Å². The van der Waals surface area contributed by atoms with Crippen molar-refractivity contribution >= 4 is 44.4 Å². The lowest BCUT2D eigenvalue weighted by atomic mass is 10.0. The molecular weight excluding hydrogens is 399 g/mol. The van der Waals surface area contributed by atoms with E-state index < -0.39 is 0 Å². The third-order valence-electron chi connectivity index (χ3n) is 4.02. The molecule has 2 atom stereocenters. The summed E-state index contributed by atoms with van der Waals surface area (Å²) in [5.41, 5.74) is 6.69. The molecule has 2 unspecified atom stereocenters. The zero-order valence-electron chi connectivity index (χ0n) is 15.9. The van der Waals surface area contributed by atoms with Crippen LogP contribution in [-0.4, -0.2) is 37.7 Å². The summed E-state index contributed by atoms with van der Waals surface area (Å²) in [5, 5.41) is 13.6. The van der Waals surface area contributed by atoms with Gasteiger partial charge in [-0.25, -0.2) is 19.3 Å². The molecular formula is C18H23FN6OS2. The highest BCUT2D eigenvalue weighted by molar-refractivity contribution is 7.99. The van der Waals surface area contributed by atoms with Crippen LogP contribution in [0.3, 0.4) is 0 Å². The zero-order chi connectivity index (χ0) is 20.3. The molecule has 0 bridgehead atoms. The number of aromatic nitrogens is 4. The second-order valence-electron chi connectivity index (χ2n) is 6.84. The van der Waals surface area contributed by atoms with Crippen molar-refractivity contribution in [3.05, 3.63) is 29.8 Å². The first-order valence-electron chi connectivity index (χ1n) is 8.95. The summed E-state index contributed by atoms with van der Waals surface area (Å²) in [6.07, 6.45) is 2.35. The SMILES string of the molecule is CC(C)CC(CO)Nc1nc(SC(C)c2ncccc2F)nc2nc(N)sc12. The molecule has 0 aliphatic carbocycles. The zero-order valence-corrected chi connectivity index (χ0v) is 17.5. The van der Waals surface area contributed by atoms with Gasteiger partial charge in [-0.3, -0.25) is 4.98 Å². The van der Waals surface area contributed by atoms with Crippen LogP contribution in [-0.2, 0) is 0 Å². The van der Waals surface area contributed by atoms with Crippen LogP contribution in [0.2, 0.25) is 0 Å². The number of nitrogen functional groups attached to an aromatic ring is 1. The van der Waals surface area contributed by atoms with Crippen LogP contribution >= 0.6 is 23.1 Å². The molecule has 3 heterocycles. The van der Waals surface area contributed by atoms with Crippen LogP contribution in [0.1, 0.15) is 38.1 Å². The number of aliphatic hydroxyl groups is 1. The fourth-order valence-electron chi connectivity index (χ4n) is 2.82. The number of nitrogens with zero attached hydrogens (tertiary/aromatic N) is 4. The molecule has 0 saturated carbocycles. The molecule has 0 aliphatic heterocycles. The number of anilines is 2. The lowest BCUT2D eigenvalue weighted by Gasteiger charge is -2.19. The van der Waals surface area contributed by atoms with Crippen LogP contribution < -0.4 is 11.1 Å². The van der Waals surface area contributed by atoms with E-state index in [-0.39, 0.29) is 23.7 Å². The summed E-state index contributed by atoms with van der Waals surface area (Å²) in [6.45, 7) is 6.02. The van der Waals surface area contributed by atoms with Gasteiger partial charge < -0.3 is 16.2 Å². The molecule has 28 heavy (non-hydrogen) atoms. The van der Waals surface area contributed by atoms with Gasteiger partial charge in [0.1, 0.15) is 10.5 Å². The normalized spacial score (nSPS) is 13.8. The number of nitrogens with one attached hydrogen (secondary N) is 1. The van der Waals surface area contributed by atoms with Crippen LogP contribution in [0.4, 0.5) is 15.3 Å². The van der Waals surface area contributed by atoms with Crippen LogP contribution in [0, 0.1) is 11.7 Å². The van der Waals surface area contributed by atoms with Crippen molar-refractivity contribution in [2.75, 3.05) is 17.7 Å². The number of pyridine rings is 1. The predicted molar refractivity (Wildman–Crippen MR) is 112 cm³/mol. The number of hydrogen-bond acceptors (Lipinski definition) is 9. The Labute approximate surface area is 171 Å². The molecule has 3 rings (SSSR count). The van der Waals surface area contributed by atoms with Gasteiger partial charge in [0.25, 0.3) is 0 Å². The van der Waals surface area contributed by atoms with E-state index in [2.05, 4.69) is 39.1 Å². The van der Waals surface area contributed by atoms with Gasteiger partial charge in [-0.2, -0.15) is 0 Å². The summed E-state index contributed by atoms with van der Waals surface area (Å²) in [7, 11) is 0. The van der Waals surface area contributed by atoms with Gasteiger partial charge in [-0.05, 0) is 31.4 Å². The number of aliphatic hydroxyl groups excluding tert-OH is 1. The maximum atomic E-state index is 14.0. The maximum absolute atomic E-state index is 14.0. The van der Waals surface area contributed by atoms with Crippen molar-refractivity contribution in [3.63, 3.8) is 0 Å². The van der Waals surface area contributed by atoms with Gasteiger partial charge in [0, 0.05) is 6.20 Å². The number of halogens is 1. The Bertz CT molecular complexity index is 951. The Morgan fingerprint density at radius 2 is 2.07 bits per heavy atom. The first kappa shape index (κ1) is 20.7. The molecule has 4 N–H and O–H groups in total. The fourth-order valence-corrected chi connectivity index (χ4v) is 4.43. The van der Waals surface area contributed by atoms with E-state index in [1.165, 1.54) is 29.2 Å². The number of thioether (sulfide) groups is 1. The molecule has 10 heteroatoms. The minimum Gasteiger partial charge on any atom is -0.394 e. The molecule has 0 spiro atoms. The van der Waals surface area contributed by atoms with Gasteiger partial charge in [-0.15, -0.1) is 0 Å². The number of hydrogen-bond donors (Lipinski definition) is 3. The molecule has 7 nitrogen and oxygen atoms in total. The summed E-state index contributed by atoms with van der Waals surface area (Å²) in [5.74, 6) is 0.627. The standard InChI is InChI=1S/C18H23FN6OS2/c1-9(2)7-11(8-26)22-15-14-16(23-17(20)28-14)25-18(24-15)27-10(3)13-12(19)5-4-6-21-13/h4-6,9-11,26H,7-8H2,1-3H3,(H3,20,22,23,24,25). The lowest BCUT2D eigenvalue weighted by molar-refractivity contribution is 0.259. The monoisotopic (exact) mass is 422 g/mol. The van der Waals surface area contributed by atoms with E-state index in [4.69, 9.17) is 5.73 Å². The van der Waals surface area contributed by atoms with Crippen molar-refractivity contribution in [2.24, 2.45) is 5.92 Å². The molecule has 0 aliphatic rings. The van der Waals surface area contributed by atoms with E-state index in [1.54, 1.807) is 12.3 Å². The molecule has 3 aromatic heterocycles. The summed E-state index contributed by atoms with van der Waals surface area (Å²) >= 11 is 2.59. The van der Waals surface area contributed by atoms with Crippen LogP contribution in [0.5, 0.6) is 0 Å². The Kier molecular flexibility index (Phi) is 6.63. The van der Waals surface area contributed by atoms with E-state index in [9.17, 15) is 9.50 Å². The quantitative estimate of drug-likeness (QED) is 0.371. The van der Waals surface area contributed by atoms with E-state index >= 15 is 0 Å². The summed E-state index contributed by atoms with van der Waals surface area (Å²) in [4.78, 5) is 17.5. The van der Waals surface area contributed by atoms with Gasteiger partial charge in [-0.1, -0.05) is 36.9 Å². The largest absolute Gasteiger partial charge is 0.394 e. The van der Waals surface area contributed by atoms with E-state index in [0.29, 0.717) is 33.4 Å². The molecule has 0 saturated heterocycles. The third kappa shape index (κ3) is 4.86. The smallest absolute Gasteiger partial charge is 0.192 e. The fraction of sp³-hybridized carbons (Fsp3) is 0.444. The molecule has 0 amide bonds. The minimum atomic E-state index is -0.364. The Hall–Kier alpha value is -2.04. The van der Waals surface area contributed by atoms with Gasteiger partial charge >= 0.3 is 0 Å². The number of fused-ring (bicyclic) bond motifs is 1. The number of rotatable bonds is 8. The average Bonchev–Trinajstić information content (AvgIpc) is 3.01. The second-order valence-corrected chi connectivity index (χ2v) is 9.18. The Morgan fingerprint density at radius 3 is 2.75 bits per heavy atom. The number of thiazole rings is 1. The van der Waals surface area contributed by atoms with Crippen LogP contribution in [0.25, 0.3) is 10.3 Å². The molecule has 150 valence electrons. The topological polar surface area (TPSA) is 110 Å². The first-order valence-corrected chi connectivity index (χ1v) is 10.7. The molecule has 0 fully saturated rings. The number of nitrogens with two attached hydrogens (primary N) is 1. The molecule has 3 aromatic rings. The first-order chi connectivity index (χ1) is 13.4. The predicted octanol–water partition coefficient (Wildman–Crippen LogP) is 3.87. The Balaban J connectivity index is 1.92. The van der Waals surface area contributed by atoms with Gasteiger partial charge in [0.2, 0.25) is 0 Å².